The first-order chi connectivity index (χ1) is 7.31. The van der Waals surface area contributed by atoms with Gasteiger partial charge in [0, 0.05) is 26.2 Å². The molecule has 0 spiro atoms. The average Bonchev–Trinajstić information content (AvgIpc) is 2.68. The summed E-state index contributed by atoms with van der Waals surface area (Å²) in [4.78, 5) is 2.51. The molecule has 2 heterocycles. The molecule has 0 unspecified atom stereocenters. The molecule has 0 radical (unpaired) electrons. The number of piperazine rings is 1. The van der Waals surface area contributed by atoms with Crippen LogP contribution in [-0.2, 0) is 0 Å². The second-order valence-electron chi connectivity index (χ2n) is 4.16. The Labute approximate surface area is 91.4 Å². The summed E-state index contributed by atoms with van der Waals surface area (Å²) in [5.41, 5.74) is 0. The van der Waals surface area contributed by atoms with Crippen LogP contribution >= 0.6 is 0 Å². The lowest BCUT2D eigenvalue weighted by molar-refractivity contribution is 0.149. The number of furan rings is 1. The van der Waals surface area contributed by atoms with Crippen LogP contribution in [0.4, 0.5) is 0 Å². The molecule has 0 aromatic carbocycles. The minimum atomic E-state index is 0.459. The Kier molecular flexibility index (Phi) is 3.44. The maximum absolute atomic E-state index is 5.73. The van der Waals surface area contributed by atoms with Crippen LogP contribution in [0.1, 0.15) is 30.9 Å². The van der Waals surface area contributed by atoms with Crippen molar-refractivity contribution in [1.29, 1.82) is 0 Å². The smallest absolute Gasteiger partial charge is 0.121 e. The van der Waals surface area contributed by atoms with E-state index in [-0.39, 0.29) is 0 Å². The van der Waals surface area contributed by atoms with Gasteiger partial charge in [-0.25, -0.2) is 0 Å². The number of nitrogens with one attached hydrogen (secondary N) is 1. The first-order valence-corrected chi connectivity index (χ1v) is 5.82. The van der Waals surface area contributed by atoms with Gasteiger partial charge in [0.25, 0.3) is 0 Å². The molecular weight excluding hydrogens is 188 g/mol. The standard InChI is InChI=1S/C12H20N2O/c1-3-11(12-5-4-10(2)15-12)14-8-6-13-7-9-14/h4-5,11,13H,3,6-9H2,1-2H3/t11-/m0/s1. The number of hydrogen-bond donors (Lipinski definition) is 1. The zero-order valence-corrected chi connectivity index (χ0v) is 9.62. The Morgan fingerprint density at radius 1 is 1.40 bits per heavy atom. The number of rotatable bonds is 3. The topological polar surface area (TPSA) is 28.4 Å². The Hall–Kier alpha value is -0.800. The molecule has 1 aromatic heterocycles. The van der Waals surface area contributed by atoms with E-state index in [9.17, 15) is 0 Å². The molecule has 84 valence electrons. The highest BCUT2D eigenvalue weighted by Gasteiger charge is 2.22. The van der Waals surface area contributed by atoms with Crippen molar-refractivity contribution in [3.8, 4) is 0 Å². The molecule has 1 fully saturated rings. The number of nitrogens with zero attached hydrogens (tertiary/aromatic N) is 1. The first-order valence-electron chi connectivity index (χ1n) is 5.82. The van der Waals surface area contributed by atoms with Gasteiger partial charge in [0.05, 0.1) is 6.04 Å². The molecule has 1 aliphatic rings. The van der Waals surface area contributed by atoms with Crippen molar-refractivity contribution in [2.45, 2.75) is 26.3 Å². The summed E-state index contributed by atoms with van der Waals surface area (Å²) in [5.74, 6) is 2.13. The van der Waals surface area contributed by atoms with E-state index < -0.39 is 0 Å². The van der Waals surface area contributed by atoms with Crippen LogP contribution in [0.25, 0.3) is 0 Å². The zero-order valence-electron chi connectivity index (χ0n) is 9.62. The number of aryl methyl sites for hydroxylation is 1. The molecule has 3 heteroatoms. The van der Waals surface area contributed by atoms with Crippen molar-refractivity contribution < 1.29 is 4.42 Å². The van der Waals surface area contributed by atoms with Crippen LogP contribution in [0, 0.1) is 6.92 Å². The maximum Gasteiger partial charge on any atom is 0.121 e. The van der Waals surface area contributed by atoms with Gasteiger partial charge in [-0.2, -0.15) is 0 Å². The third kappa shape index (κ3) is 2.41. The lowest BCUT2D eigenvalue weighted by atomic mass is 10.1. The Morgan fingerprint density at radius 2 is 2.13 bits per heavy atom. The van der Waals surface area contributed by atoms with E-state index in [0.29, 0.717) is 6.04 Å². The van der Waals surface area contributed by atoms with E-state index in [0.717, 1.165) is 44.1 Å². The van der Waals surface area contributed by atoms with Crippen molar-refractivity contribution in [3.63, 3.8) is 0 Å². The molecule has 3 nitrogen and oxygen atoms in total. The molecule has 0 bridgehead atoms. The van der Waals surface area contributed by atoms with Crippen molar-refractivity contribution in [1.82, 2.24) is 10.2 Å². The molecular formula is C12H20N2O. The van der Waals surface area contributed by atoms with Crippen LogP contribution in [0.2, 0.25) is 0 Å². The molecule has 1 aromatic rings. The first kappa shape index (κ1) is 10.7. The van der Waals surface area contributed by atoms with E-state index in [4.69, 9.17) is 4.42 Å². The van der Waals surface area contributed by atoms with Crippen molar-refractivity contribution in [3.05, 3.63) is 23.7 Å². The van der Waals surface area contributed by atoms with E-state index in [2.05, 4.69) is 29.3 Å². The summed E-state index contributed by atoms with van der Waals surface area (Å²) < 4.78 is 5.73. The molecule has 0 aliphatic carbocycles. The fraction of sp³-hybridized carbons (Fsp3) is 0.667. The molecule has 2 rings (SSSR count). The monoisotopic (exact) mass is 208 g/mol. The highest BCUT2D eigenvalue weighted by atomic mass is 16.3. The molecule has 0 saturated carbocycles. The van der Waals surface area contributed by atoms with Gasteiger partial charge < -0.3 is 9.73 Å². The van der Waals surface area contributed by atoms with Gasteiger partial charge in [0.1, 0.15) is 11.5 Å². The SMILES string of the molecule is CC[C@@H](c1ccc(C)o1)N1CCNCC1. The normalized spacial score (nSPS) is 20.4. The molecule has 1 atom stereocenters. The quantitative estimate of drug-likeness (QED) is 0.823. The van der Waals surface area contributed by atoms with Crippen LogP contribution in [0.5, 0.6) is 0 Å². The lowest BCUT2D eigenvalue weighted by Crippen LogP contribution is -2.44. The third-order valence-electron chi connectivity index (χ3n) is 3.07. The van der Waals surface area contributed by atoms with Crippen molar-refractivity contribution in [2.75, 3.05) is 26.2 Å². The highest BCUT2D eigenvalue weighted by Crippen LogP contribution is 2.25. The Balaban J connectivity index is 2.08. The fourth-order valence-electron chi connectivity index (χ4n) is 2.27. The van der Waals surface area contributed by atoms with Gasteiger partial charge >= 0.3 is 0 Å². The zero-order chi connectivity index (χ0) is 10.7. The van der Waals surface area contributed by atoms with Gasteiger partial charge in [-0.3, -0.25) is 4.90 Å². The fourth-order valence-corrected chi connectivity index (χ4v) is 2.27. The van der Waals surface area contributed by atoms with Crippen molar-refractivity contribution >= 4 is 0 Å². The molecule has 1 N–H and O–H groups in total. The summed E-state index contributed by atoms with van der Waals surface area (Å²) in [6.45, 7) is 8.67. The predicted octanol–water partition coefficient (Wildman–Crippen LogP) is 1.94. The maximum atomic E-state index is 5.73. The van der Waals surface area contributed by atoms with E-state index >= 15 is 0 Å². The largest absolute Gasteiger partial charge is 0.465 e. The minimum absolute atomic E-state index is 0.459. The van der Waals surface area contributed by atoms with Crippen LogP contribution in [0.3, 0.4) is 0 Å². The summed E-state index contributed by atoms with van der Waals surface area (Å²) in [6, 6.07) is 4.63. The highest BCUT2D eigenvalue weighted by molar-refractivity contribution is 5.10. The minimum Gasteiger partial charge on any atom is -0.465 e. The van der Waals surface area contributed by atoms with Gasteiger partial charge in [-0.05, 0) is 25.5 Å². The second kappa shape index (κ2) is 4.81. The predicted molar refractivity (Wildman–Crippen MR) is 60.9 cm³/mol. The molecule has 1 saturated heterocycles. The van der Waals surface area contributed by atoms with Crippen LogP contribution in [0.15, 0.2) is 16.5 Å². The lowest BCUT2D eigenvalue weighted by Gasteiger charge is -2.33. The van der Waals surface area contributed by atoms with Crippen LogP contribution in [-0.4, -0.2) is 31.1 Å². The Bertz CT molecular complexity index is 302. The van der Waals surface area contributed by atoms with Gasteiger partial charge in [-0.15, -0.1) is 0 Å². The van der Waals surface area contributed by atoms with Gasteiger partial charge in [-0.1, -0.05) is 6.92 Å². The number of hydrogen-bond acceptors (Lipinski definition) is 3. The summed E-state index contributed by atoms with van der Waals surface area (Å²) in [6.07, 6.45) is 1.12. The Morgan fingerprint density at radius 3 is 2.67 bits per heavy atom. The van der Waals surface area contributed by atoms with E-state index in [1.807, 2.05) is 6.92 Å². The summed E-state index contributed by atoms with van der Waals surface area (Å²) in [7, 11) is 0. The molecule has 0 amide bonds. The third-order valence-corrected chi connectivity index (χ3v) is 3.07. The second-order valence-corrected chi connectivity index (χ2v) is 4.16. The average molecular weight is 208 g/mol. The van der Waals surface area contributed by atoms with E-state index in [1.165, 1.54) is 0 Å². The molecule has 1 aliphatic heterocycles. The molecule has 15 heavy (non-hydrogen) atoms. The summed E-state index contributed by atoms with van der Waals surface area (Å²) >= 11 is 0. The van der Waals surface area contributed by atoms with Crippen LogP contribution < -0.4 is 5.32 Å². The summed E-state index contributed by atoms with van der Waals surface area (Å²) in [5, 5.41) is 3.38. The van der Waals surface area contributed by atoms with Crippen molar-refractivity contribution in [2.24, 2.45) is 0 Å². The van der Waals surface area contributed by atoms with Gasteiger partial charge in [0.15, 0.2) is 0 Å². The van der Waals surface area contributed by atoms with E-state index in [1.54, 1.807) is 0 Å². The van der Waals surface area contributed by atoms with Gasteiger partial charge in [0.2, 0.25) is 0 Å².